The van der Waals surface area contributed by atoms with Crippen LogP contribution in [0, 0.1) is 5.82 Å². The van der Waals surface area contributed by atoms with Gasteiger partial charge in [-0.05, 0) is 37.3 Å². The highest BCUT2D eigenvalue weighted by molar-refractivity contribution is 6.44. The second-order valence-electron chi connectivity index (χ2n) is 5.42. The third-order valence-corrected chi connectivity index (χ3v) is 4.19. The zero-order valence-corrected chi connectivity index (χ0v) is 15.6. The Morgan fingerprint density at radius 2 is 1.85 bits per heavy atom. The highest BCUT2D eigenvalue weighted by atomic mass is 35.5. The minimum absolute atomic E-state index is 0.0594. The molecule has 0 saturated carbocycles. The molecule has 2 N–H and O–H groups in total. The number of anilines is 1. The van der Waals surface area contributed by atoms with Gasteiger partial charge in [-0.15, -0.1) is 0 Å². The number of nitrogens with one attached hydrogen (secondary N) is 2. The minimum atomic E-state index is -1.14. The summed E-state index contributed by atoms with van der Waals surface area (Å²) in [5.74, 6) is -2.67. The van der Waals surface area contributed by atoms with E-state index in [4.69, 9.17) is 27.9 Å². The highest BCUT2D eigenvalue weighted by Crippen LogP contribution is 2.29. The molecule has 0 aliphatic carbocycles. The van der Waals surface area contributed by atoms with Crippen LogP contribution in [0.2, 0.25) is 10.0 Å². The van der Waals surface area contributed by atoms with E-state index in [1.807, 2.05) is 0 Å². The largest absolute Gasteiger partial charge is 0.451 e. The molecule has 0 saturated heterocycles. The molecule has 2 amide bonds. The number of carbonyl (C=O) groups is 3. The van der Waals surface area contributed by atoms with Crippen LogP contribution >= 0.6 is 23.2 Å². The molecular formula is C18H15Cl2FN2O4. The smallest absolute Gasteiger partial charge is 0.326 e. The third-order valence-electron chi connectivity index (χ3n) is 3.37. The first-order chi connectivity index (χ1) is 12.8. The van der Waals surface area contributed by atoms with Crippen molar-refractivity contribution in [3.8, 4) is 0 Å². The maximum Gasteiger partial charge on any atom is 0.326 e. The van der Waals surface area contributed by atoms with Gasteiger partial charge in [0.15, 0.2) is 6.10 Å². The van der Waals surface area contributed by atoms with E-state index in [-0.39, 0.29) is 21.3 Å². The molecule has 0 aliphatic heterocycles. The van der Waals surface area contributed by atoms with Crippen molar-refractivity contribution in [2.45, 2.75) is 13.0 Å². The molecule has 0 aliphatic rings. The number of amides is 2. The topological polar surface area (TPSA) is 84.5 Å². The Labute approximate surface area is 164 Å². The summed E-state index contributed by atoms with van der Waals surface area (Å²) in [6.45, 7) is 0.880. The van der Waals surface area contributed by atoms with Crippen molar-refractivity contribution < 1.29 is 23.5 Å². The number of esters is 1. The molecule has 142 valence electrons. The average Bonchev–Trinajstić information content (AvgIpc) is 2.63. The number of hydrogen-bond acceptors (Lipinski definition) is 4. The van der Waals surface area contributed by atoms with Crippen molar-refractivity contribution in [2.24, 2.45) is 0 Å². The SMILES string of the molecule is C[C@H](OC(=O)CNC(=O)c1cccc(F)c1)C(=O)Nc1cccc(Cl)c1Cl. The fourth-order valence-corrected chi connectivity index (χ4v) is 2.36. The van der Waals surface area contributed by atoms with Crippen LogP contribution in [0.15, 0.2) is 42.5 Å². The molecule has 0 spiro atoms. The lowest BCUT2D eigenvalue weighted by Crippen LogP contribution is -2.35. The Morgan fingerprint density at radius 3 is 2.56 bits per heavy atom. The van der Waals surface area contributed by atoms with Crippen LogP contribution in [-0.4, -0.2) is 30.4 Å². The van der Waals surface area contributed by atoms with Crippen LogP contribution in [0.4, 0.5) is 10.1 Å². The Kier molecular flexibility index (Phi) is 7.15. The first-order valence-electron chi connectivity index (χ1n) is 7.76. The van der Waals surface area contributed by atoms with Crippen LogP contribution < -0.4 is 10.6 Å². The third kappa shape index (κ3) is 5.94. The quantitative estimate of drug-likeness (QED) is 0.711. The molecular weight excluding hydrogens is 398 g/mol. The lowest BCUT2D eigenvalue weighted by molar-refractivity contribution is -0.152. The predicted molar refractivity (Wildman–Crippen MR) is 99.4 cm³/mol. The maximum atomic E-state index is 13.1. The second kappa shape index (κ2) is 9.34. The van der Waals surface area contributed by atoms with E-state index in [1.165, 1.54) is 25.1 Å². The van der Waals surface area contributed by atoms with Crippen molar-refractivity contribution in [3.63, 3.8) is 0 Å². The molecule has 9 heteroatoms. The summed E-state index contributed by atoms with van der Waals surface area (Å²) in [4.78, 5) is 35.7. The van der Waals surface area contributed by atoms with Gasteiger partial charge in [0.05, 0.1) is 15.7 Å². The van der Waals surface area contributed by atoms with Crippen LogP contribution in [0.5, 0.6) is 0 Å². The van der Waals surface area contributed by atoms with E-state index in [0.29, 0.717) is 0 Å². The molecule has 2 aromatic rings. The number of benzene rings is 2. The lowest BCUT2D eigenvalue weighted by Gasteiger charge is -2.15. The minimum Gasteiger partial charge on any atom is -0.451 e. The fourth-order valence-electron chi connectivity index (χ4n) is 2.01. The zero-order chi connectivity index (χ0) is 20.0. The number of halogens is 3. The Hall–Kier alpha value is -2.64. The first-order valence-corrected chi connectivity index (χ1v) is 8.51. The van der Waals surface area contributed by atoms with E-state index in [2.05, 4.69) is 10.6 Å². The average molecular weight is 413 g/mol. The first kappa shape index (κ1) is 20.7. The number of carbonyl (C=O) groups excluding carboxylic acids is 3. The van der Waals surface area contributed by atoms with Gasteiger partial charge in [0.2, 0.25) is 0 Å². The number of rotatable bonds is 6. The maximum absolute atomic E-state index is 13.1. The van der Waals surface area contributed by atoms with Crippen LogP contribution in [0.1, 0.15) is 17.3 Å². The van der Waals surface area contributed by atoms with E-state index in [0.717, 1.165) is 6.07 Å². The van der Waals surface area contributed by atoms with Gasteiger partial charge >= 0.3 is 5.97 Å². The van der Waals surface area contributed by atoms with Crippen molar-refractivity contribution in [1.29, 1.82) is 0 Å². The monoisotopic (exact) mass is 412 g/mol. The number of hydrogen-bond donors (Lipinski definition) is 2. The molecule has 2 rings (SSSR count). The van der Waals surface area contributed by atoms with Crippen LogP contribution in [-0.2, 0) is 14.3 Å². The Morgan fingerprint density at radius 1 is 1.15 bits per heavy atom. The summed E-state index contributed by atoms with van der Waals surface area (Å²) >= 11 is 11.8. The van der Waals surface area contributed by atoms with E-state index in [9.17, 15) is 18.8 Å². The van der Waals surface area contributed by atoms with Crippen LogP contribution in [0.25, 0.3) is 0 Å². The summed E-state index contributed by atoms with van der Waals surface area (Å²) in [6, 6.07) is 9.69. The van der Waals surface area contributed by atoms with Gasteiger partial charge in [0.1, 0.15) is 12.4 Å². The molecule has 0 radical (unpaired) electrons. The molecule has 0 fully saturated rings. The van der Waals surface area contributed by atoms with Gasteiger partial charge in [0, 0.05) is 5.56 Å². The predicted octanol–water partition coefficient (Wildman–Crippen LogP) is 3.43. The highest BCUT2D eigenvalue weighted by Gasteiger charge is 2.20. The summed E-state index contributed by atoms with van der Waals surface area (Å²) in [5, 5.41) is 5.20. The molecule has 0 bridgehead atoms. The fraction of sp³-hybridized carbons (Fsp3) is 0.167. The van der Waals surface area contributed by atoms with E-state index >= 15 is 0 Å². The number of ether oxygens (including phenoxy) is 1. The van der Waals surface area contributed by atoms with Gasteiger partial charge in [-0.1, -0.05) is 35.3 Å². The van der Waals surface area contributed by atoms with Gasteiger partial charge in [-0.25, -0.2) is 4.39 Å². The standard InChI is InChI=1S/C18H15Cl2FN2O4/c1-10(17(25)23-14-7-3-6-13(19)16(14)20)27-15(24)9-22-18(26)11-4-2-5-12(21)8-11/h2-8,10H,9H2,1H3,(H,22,26)(H,23,25)/t10-/m0/s1. The van der Waals surface area contributed by atoms with Crippen molar-refractivity contribution in [2.75, 3.05) is 11.9 Å². The molecule has 6 nitrogen and oxygen atoms in total. The lowest BCUT2D eigenvalue weighted by atomic mass is 10.2. The van der Waals surface area contributed by atoms with Gasteiger partial charge in [-0.3, -0.25) is 14.4 Å². The van der Waals surface area contributed by atoms with Crippen molar-refractivity contribution in [1.82, 2.24) is 5.32 Å². The summed E-state index contributed by atoms with van der Waals surface area (Å²) in [6.07, 6.45) is -1.14. The normalized spacial score (nSPS) is 11.4. The molecule has 1 atom stereocenters. The second-order valence-corrected chi connectivity index (χ2v) is 6.20. The van der Waals surface area contributed by atoms with E-state index in [1.54, 1.807) is 18.2 Å². The zero-order valence-electron chi connectivity index (χ0n) is 14.1. The van der Waals surface area contributed by atoms with Gasteiger partial charge in [0.25, 0.3) is 11.8 Å². The summed E-state index contributed by atoms with van der Waals surface area (Å²) in [7, 11) is 0. The molecule has 27 heavy (non-hydrogen) atoms. The summed E-state index contributed by atoms with van der Waals surface area (Å²) in [5.41, 5.74) is 0.334. The summed E-state index contributed by atoms with van der Waals surface area (Å²) < 4.78 is 18.0. The van der Waals surface area contributed by atoms with Crippen molar-refractivity contribution in [3.05, 3.63) is 63.9 Å². The van der Waals surface area contributed by atoms with Crippen molar-refractivity contribution >= 4 is 46.7 Å². The molecule has 2 aromatic carbocycles. The molecule has 0 unspecified atom stereocenters. The molecule has 0 heterocycles. The van der Waals surface area contributed by atoms with Gasteiger partial charge in [-0.2, -0.15) is 0 Å². The molecule has 0 aromatic heterocycles. The van der Waals surface area contributed by atoms with Gasteiger partial charge < -0.3 is 15.4 Å². The van der Waals surface area contributed by atoms with Crippen LogP contribution in [0.3, 0.4) is 0 Å². The van der Waals surface area contributed by atoms with E-state index < -0.39 is 36.2 Å². The Bertz CT molecular complexity index is 876. The Balaban J connectivity index is 1.85.